The molecule has 0 unspecified atom stereocenters. The molecule has 1 amide bonds. The first-order valence-electron chi connectivity index (χ1n) is 11.3. The summed E-state index contributed by atoms with van der Waals surface area (Å²) in [4.78, 5) is 11.8. The molecule has 3 rings (SSSR count). The normalized spacial score (nSPS) is 49.0. The molecule has 9 N–H and O–H groups in total. The third-order valence-electron chi connectivity index (χ3n) is 6.32. The van der Waals surface area contributed by atoms with Crippen LogP contribution < -0.4 is 5.32 Å². The molecule has 0 bridgehead atoms. The lowest BCUT2D eigenvalue weighted by Crippen LogP contribution is -2.68. The topological polar surface area (TPSA) is 237 Å². The van der Waals surface area contributed by atoms with Crippen LogP contribution in [0, 0.1) is 0 Å². The van der Waals surface area contributed by atoms with E-state index in [2.05, 4.69) is 5.32 Å². The Morgan fingerprint density at radius 2 is 1.46 bits per heavy atom. The van der Waals surface area contributed by atoms with Gasteiger partial charge in [-0.15, -0.1) is 0 Å². The van der Waals surface area contributed by atoms with Crippen molar-refractivity contribution >= 4 is 5.91 Å². The number of ether oxygens (including phenoxy) is 5. The van der Waals surface area contributed by atoms with Crippen LogP contribution in [0.4, 0.5) is 0 Å². The number of hydrogen-bond donors (Lipinski definition) is 9. The third kappa shape index (κ3) is 6.27. The zero-order valence-corrected chi connectivity index (χ0v) is 19.2. The van der Waals surface area contributed by atoms with Gasteiger partial charge in [0.1, 0.15) is 54.9 Å². The number of amides is 1. The van der Waals surface area contributed by atoms with Gasteiger partial charge in [-0.3, -0.25) is 4.79 Å². The van der Waals surface area contributed by atoms with Crippen molar-refractivity contribution < 1.29 is 69.3 Å². The number of aliphatic hydroxyl groups is 8. The molecule has 3 saturated heterocycles. The van der Waals surface area contributed by atoms with Gasteiger partial charge in [-0.05, 0) is 6.92 Å². The van der Waals surface area contributed by atoms with Crippen LogP contribution in [-0.2, 0) is 28.5 Å². The van der Waals surface area contributed by atoms with E-state index in [-0.39, 0.29) is 6.42 Å². The Bertz CT molecular complexity index is 701. The minimum Gasteiger partial charge on any atom is -0.394 e. The first kappa shape index (κ1) is 28.5. The van der Waals surface area contributed by atoms with Crippen LogP contribution in [0.15, 0.2) is 0 Å². The summed E-state index contributed by atoms with van der Waals surface area (Å²) in [5, 5.41) is 83.1. The number of carbonyl (C=O) groups excluding carboxylic acids is 1. The Balaban J connectivity index is 1.90. The lowest BCUT2D eigenvalue weighted by atomic mass is 9.95. The van der Waals surface area contributed by atoms with Crippen LogP contribution >= 0.6 is 0 Å². The molecule has 3 fully saturated rings. The molecule has 35 heavy (non-hydrogen) atoms. The smallest absolute Gasteiger partial charge is 0.217 e. The maximum atomic E-state index is 11.8. The summed E-state index contributed by atoms with van der Waals surface area (Å²) < 4.78 is 28.0. The SMILES string of the molecule is CC(=O)N[C@@H]1[C@@H](O[C@@H]2O[C@H](CO)[C@H](O)C[C@H]2O)[C@H](O[C@@H]2O[C@@H](C)[C@@H](O)[C@@H](O)[C@@H]2O)[C@@H](CO)O[C@H]1O. The van der Waals surface area contributed by atoms with Crippen molar-refractivity contribution in [3.8, 4) is 0 Å². The Labute approximate surface area is 200 Å². The van der Waals surface area contributed by atoms with E-state index in [1.54, 1.807) is 0 Å². The highest BCUT2D eigenvalue weighted by Gasteiger charge is 2.53. The van der Waals surface area contributed by atoms with Crippen molar-refractivity contribution in [1.29, 1.82) is 0 Å². The van der Waals surface area contributed by atoms with Gasteiger partial charge in [0.05, 0.1) is 25.4 Å². The van der Waals surface area contributed by atoms with Gasteiger partial charge in [-0.1, -0.05) is 0 Å². The fourth-order valence-corrected chi connectivity index (χ4v) is 4.37. The third-order valence-corrected chi connectivity index (χ3v) is 6.32. The Morgan fingerprint density at radius 1 is 0.829 bits per heavy atom. The molecule has 0 aromatic carbocycles. The molecule has 0 aromatic heterocycles. The monoisotopic (exact) mass is 513 g/mol. The largest absolute Gasteiger partial charge is 0.394 e. The highest BCUT2D eigenvalue weighted by molar-refractivity contribution is 5.73. The van der Waals surface area contributed by atoms with Gasteiger partial charge in [-0.2, -0.15) is 0 Å². The highest BCUT2D eigenvalue weighted by Crippen LogP contribution is 2.32. The van der Waals surface area contributed by atoms with Crippen LogP contribution in [0.3, 0.4) is 0 Å². The molecule has 0 radical (unpaired) electrons. The number of nitrogens with one attached hydrogen (secondary N) is 1. The number of rotatable bonds is 7. The second kappa shape index (κ2) is 12.0. The second-order valence-corrected chi connectivity index (χ2v) is 8.95. The summed E-state index contributed by atoms with van der Waals surface area (Å²) in [5.41, 5.74) is 0. The minimum atomic E-state index is -1.72. The lowest BCUT2D eigenvalue weighted by Gasteiger charge is -2.49. The van der Waals surface area contributed by atoms with Crippen LogP contribution in [0.2, 0.25) is 0 Å². The fraction of sp³-hybridized carbons (Fsp3) is 0.950. The summed E-state index contributed by atoms with van der Waals surface area (Å²) >= 11 is 0. The molecule has 0 saturated carbocycles. The standard InChI is InChI=1S/C20H35NO14/c1-6-13(27)14(28)15(29)20(31-6)34-16-11(5-23)32-18(30)12(21-7(2)24)17(16)35-19-9(26)3-8(25)10(4-22)33-19/h6,8-20,22-23,25-30H,3-5H2,1-2H3,(H,21,24)/t6-,8+,9+,10+,11+,12+,13+,14+,15-,16+,17+,18+,19-,20-/m0/s1. The van der Waals surface area contributed by atoms with Crippen LogP contribution in [0.5, 0.6) is 0 Å². The predicted molar refractivity (Wildman–Crippen MR) is 110 cm³/mol. The highest BCUT2D eigenvalue weighted by atomic mass is 16.7. The van der Waals surface area contributed by atoms with E-state index in [0.717, 1.165) is 6.92 Å². The average Bonchev–Trinajstić information content (AvgIpc) is 2.80. The Kier molecular flexibility index (Phi) is 9.78. The molecule has 14 atom stereocenters. The summed E-state index contributed by atoms with van der Waals surface area (Å²) in [7, 11) is 0. The van der Waals surface area contributed by atoms with Gasteiger partial charge in [0.2, 0.25) is 5.91 Å². The molecule has 15 heteroatoms. The lowest BCUT2D eigenvalue weighted by molar-refractivity contribution is -0.364. The quantitative estimate of drug-likeness (QED) is 0.155. The van der Waals surface area contributed by atoms with Crippen molar-refractivity contribution in [3.63, 3.8) is 0 Å². The maximum absolute atomic E-state index is 11.8. The average molecular weight is 513 g/mol. The zero-order chi connectivity index (χ0) is 26.0. The zero-order valence-electron chi connectivity index (χ0n) is 19.2. The van der Waals surface area contributed by atoms with Gasteiger partial charge in [0.25, 0.3) is 0 Å². The molecular weight excluding hydrogens is 478 g/mol. The van der Waals surface area contributed by atoms with Crippen LogP contribution in [0.1, 0.15) is 20.3 Å². The summed E-state index contributed by atoms with van der Waals surface area (Å²) in [6, 6.07) is -1.33. The van der Waals surface area contributed by atoms with Crippen molar-refractivity contribution in [2.24, 2.45) is 0 Å². The predicted octanol–water partition coefficient (Wildman–Crippen LogP) is -5.37. The van der Waals surface area contributed by atoms with Gasteiger partial charge in [-0.25, -0.2) is 0 Å². The van der Waals surface area contributed by atoms with Crippen molar-refractivity contribution in [3.05, 3.63) is 0 Å². The number of aliphatic hydroxyl groups excluding tert-OH is 8. The van der Waals surface area contributed by atoms with E-state index < -0.39 is 105 Å². The second-order valence-electron chi connectivity index (χ2n) is 8.95. The maximum Gasteiger partial charge on any atom is 0.217 e. The molecule has 3 heterocycles. The van der Waals surface area contributed by atoms with Crippen molar-refractivity contribution in [2.75, 3.05) is 13.2 Å². The van der Waals surface area contributed by atoms with E-state index in [1.165, 1.54) is 6.92 Å². The minimum absolute atomic E-state index is 0.215. The van der Waals surface area contributed by atoms with Gasteiger partial charge in [0.15, 0.2) is 18.9 Å². The van der Waals surface area contributed by atoms with Gasteiger partial charge < -0.3 is 69.9 Å². The van der Waals surface area contributed by atoms with E-state index in [9.17, 15) is 45.6 Å². The molecule has 0 aromatic rings. The first-order valence-corrected chi connectivity index (χ1v) is 11.3. The Hall–Kier alpha value is -1.05. The van der Waals surface area contributed by atoms with Crippen molar-refractivity contribution in [2.45, 2.75) is 106 Å². The van der Waals surface area contributed by atoms with Crippen LogP contribution in [-0.4, -0.2) is 146 Å². The summed E-state index contributed by atoms with van der Waals surface area (Å²) in [6.07, 6.45) is -18.4. The summed E-state index contributed by atoms with van der Waals surface area (Å²) in [6.45, 7) is 1.29. The van der Waals surface area contributed by atoms with E-state index in [1.807, 2.05) is 0 Å². The molecule has 3 aliphatic heterocycles. The van der Waals surface area contributed by atoms with Crippen LogP contribution in [0.25, 0.3) is 0 Å². The molecule has 204 valence electrons. The van der Waals surface area contributed by atoms with Gasteiger partial charge >= 0.3 is 0 Å². The first-order chi connectivity index (χ1) is 16.5. The van der Waals surface area contributed by atoms with Crippen molar-refractivity contribution in [1.82, 2.24) is 5.32 Å². The molecule has 0 spiro atoms. The fourth-order valence-electron chi connectivity index (χ4n) is 4.37. The molecule has 15 nitrogen and oxygen atoms in total. The van der Waals surface area contributed by atoms with E-state index in [4.69, 9.17) is 23.7 Å². The van der Waals surface area contributed by atoms with E-state index >= 15 is 0 Å². The van der Waals surface area contributed by atoms with Gasteiger partial charge in [0, 0.05) is 13.3 Å². The summed E-state index contributed by atoms with van der Waals surface area (Å²) in [5.74, 6) is -0.595. The number of hydrogen-bond acceptors (Lipinski definition) is 14. The molecule has 0 aliphatic carbocycles. The number of carbonyl (C=O) groups is 1. The molecular formula is C20H35NO14. The Morgan fingerprint density at radius 3 is 2.06 bits per heavy atom. The molecule has 3 aliphatic rings. The van der Waals surface area contributed by atoms with E-state index in [0.29, 0.717) is 0 Å².